The fraction of sp³-hybridized carbons (Fsp3) is 0.778. The molecule has 7 heteroatoms. The van der Waals surface area contributed by atoms with Crippen molar-refractivity contribution in [3.05, 3.63) is 5.01 Å². The fourth-order valence-corrected chi connectivity index (χ4v) is 3.08. The summed E-state index contributed by atoms with van der Waals surface area (Å²) in [5, 5.41) is 12.6. The van der Waals surface area contributed by atoms with Crippen molar-refractivity contribution in [3.63, 3.8) is 0 Å². The zero-order chi connectivity index (χ0) is 12.2. The van der Waals surface area contributed by atoms with E-state index in [1.807, 2.05) is 13.8 Å². The number of hydrogen-bond acceptors (Lipinski definition) is 6. The van der Waals surface area contributed by atoms with Crippen LogP contribution in [0, 0.1) is 0 Å². The van der Waals surface area contributed by atoms with E-state index >= 15 is 0 Å². The minimum atomic E-state index is -2.94. The largest absolute Gasteiger partial charge is 0.357 e. The molecule has 0 aliphatic rings. The van der Waals surface area contributed by atoms with Crippen LogP contribution in [0.25, 0.3) is 0 Å². The summed E-state index contributed by atoms with van der Waals surface area (Å²) in [4.78, 5) is 0. The molecule has 5 nitrogen and oxygen atoms in total. The first-order chi connectivity index (χ1) is 7.46. The van der Waals surface area contributed by atoms with E-state index in [4.69, 9.17) is 0 Å². The fourth-order valence-electron chi connectivity index (χ4n) is 1.21. The molecular weight excluding hydrogens is 246 g/mol. The van der Waals surface area contributed by atoms with Crippen molar-refractivity contribution in [2.45, 2.75) is 33.2 Å². The second-order valence-corrected chi connectivity index (χ2v) is 7.06. The van der Waals surface area contributed by atoms with Crippen LogP contribution in [0.15, 0.2) is 0 Å². The summed E-state index contributed by atoms with van der Waals surface area (Å²) in [7, 11) is -2.94. The Labute approximate surface area is 100 Å². The lowest BCUT2D eigenvalue weighted by molar-refractivity contribution is 0.593. The third kappa shape index (κ3) is 4.05. The molecule has 92 valence electrons. The van der Waals surface area contributed by atoms with Gasteiger partial charge >= 0.3 is 0 Å². The zero-order valence-corrected chi connectivity index (χ0v) is 11.4. The van der Waals surface area contributed by atoms with Gasteiger partial charge in [-0.3, -0.25) is 0 Å². The maximum Gasteiger partial charge on any atom is 0.205 e. The number of hydrogen-bond donors (Lipinski definition) is 1. The van der Waals surface area contributed by atoms with E-state index in [9.17, 15) is 8.42 Å². The lowest BCUT2D eigenvalue weighted by Gasteiger charge is -2.11. The van der Waals surface area contributed by atoms with Crippen LogP contribution >= 0.6 is 11.3 Å². The van der Waals surface area contributed by atoms with Gasteiger partial charge < -0.3 is 5.32 Å². The van der Waals surface area contributed by atoms with Crippen LogP contribution in [0.1, 0.15) is 25.8 Å². The Kier molecular flexibility index (Phi) is 4.67. The summed E-state index contributed by atoms with van der Waals surface area (Å²) in [5.41, 5.74) is 0. The van der Waals surface area contributed by atoms with Crippen LogP contribution in [0.5, 0.6) is 0 Å². The topological polar surface area (TPSA) is 72.0 Å². The molecule has 0 bridgehead atoms. The van der Waals surface area contributed by atoms with Crippen LogP contribution in [0.2, 0.25) is 0 Å². The van der Waals surface area contributed by atoms with Gasteiger partial charge in [-0.1, -0.05) is 25.2 Å². The molecule has 1 aromatic rings. The molecule has 1 N–H and O–H groups in total. The minimum absolute atomic E-state index is 0.130. The standard InChI is InChI=1S/C9H17N3O2S2/c1-4-8-11-12-9(15-8)10-7(3)6-16(13,14)5-2/h7H,4-6H2,1-3H3,(H,10,12). The number of sulfone groups is 1. The average molecular weight is 263 g/mol. The van der Waals surface area contributed by atoms with Gasteiger partial charge in [-0.25, -0.2) is 8.42 Å². The molecule has 1 heterocycles. The van der Waals surface area contributed by atoms with Crippen LogP contribution in [-0.4, -0.2) is 36.2 Å². The molecule has 0 spiro atoms. The van der Waals surface area contributed by atoms with E-state index in [2.05, 4.69) is 15.5 Å². The molecule has 0 aromatic carbocycles. The maximum absolute atomic E-state index is 11.4. The van der Waals surface area contributed by atoms with Gasteiger partial charge in [-0.2, -0.15) is 0 Å². The summed E-state index contributed by atoms with van der Waals surface area (Å²) in [5.74, 6) is 0.305. The van der Waals surface area contributed by atoms with Crippen LogP contribution in [0.4, 0.5) is 5.13 Å². The van der Waals surface area contributed by atoms with E-state index < -0.39 is 9.84 Å². The normalized spacial score (nSPS) is 13.7. The van der Waals surface area contributed by atoms with Gasteiger partial charge in [-0.15, -0.1) is 10.2 Å². The summed E-state index contributed by atoms with van der Waals surface area (Å²) < 4.78 is 22.8. The molecule has 1 unspecified atom stereocenters. The van der Waals surface area contributed by atoms with Crippen molar-refractivity contribution in [2.24, 2.45) is 0 Å². The molecule has 0 saturated heterocycles. The van der Waals surface area contributed by atoms with Gasteiger partial charge in [-0.05, 0) is 13.3 Å². The highest BCUT2D eigenvalue weighted by Gasteiger charge is 2.14. The predicted octanol–water partition coefficient (Wildman–Crippen LogP) is 1.34. The average Bonchev–Trinajstić information content (AvgIpc) is 2.64. The number of aromatic nitrogens is 2. The number of anilines is 1. The first-order valence-electron chi connectivity index (χ1n) is 5.26. The van der Waals surface area contributed by atoms with Crippen molar-refractivity contribution >= 4 is 26.3 Å². The lowest BCUT2D eigenvalue weighted by Crippen LogP contribution is -2.26. The Hall–Kier alpha value is -0.690. The Morgan fingerprint density at radius 2 is 2.06 bits per heavy atom. The highest BCUT2D eigenvalue weighted by Crippen LogP contribution is 2.16. The van der Waals surface area contributed by atoms with Gasteiger partial charge in [0.2, 0.25) is 5.13 Å². The van der Waals surface area contributed by atoms with Gasteiger partial charge in [0.1, 0.15) is 5.01 Å². The lowest BCUT2D eigenvalue weighted by atomic mass is 10.4. The zero-order valence-electron chi connectivity index (χ0n) is 9.73. The van der Waals surface area contributed by atoms with Crippen molar-refractivity contribution in [2.75, 3.05) is 16.8 Å². The van der Waals surface area contributed by atoms with Crippen LogP contribution in [0.3, 0.4) is 0 Å². The Morgan fingerprint density at radius 1 is 1.38 bits per heavy atom. The molecule has 1 aromatic heterocycles. The number of nitrogens with one attached hydrogen (secondary N) is 1. The van der Waals surface area contributed by atoms with E-state index in [1.165, 1.54) is 11.3 Å². The van der Waals surface area contributed by atoms with E-state index in [0.29, 0.717) is 5.13 Å². The molecule has 1 rings (SSSR count). The molecule has 0 aliphatic carbocycles. The number of aryl methyl sites for hydroxylation is 1. The van der Waals surface area contributed by atoms with Crippen molar-refractivity contribution in [1.82, 2.24) is 10.2 Å². The molecular formula is C9H17N3O2S2. The summed E-state index contributed by atoms with van der Waals surface area (Å²) in [6.45, 7) is 5.50. The Bertz CT molecular complexity index is 428. The van der Waals surface area contributed by atoms with Crippen molar-refractivity contribution < 1.29 is 8.42 Å². The predicted molar refractivity (Wildman–Crippen MR) is 66.7 cm³/mol. The molecule has 0 amide bonds. The third-order valence-electron chi connectivity index (χ3n) is 2.08. The highest BCUT2D eigenvalue weighted by molar-refractivity contribution is 7.91. The van der Waals surface area contributed by atoms with E-state index in [0.717, 1.165) is 11.4 Å². The van der Waals surface area contributed by atoms with Crippen LogP contribution in [-0.2, 0) is 16.3 Å². The van der Waals surface area contributed by atoms with E-state index in [-0.39, 0.29) is 17.5 Å². The second kappa shape index (κ2) is 5.58. The monoisotopic (exact) mass is 263 g/mol. The van der Waals surface area contributed by atoms with E-state index in [1.54, 1.807) is 6.92 Å². The molecule has 1 atom stereocenters. The quantitative estimate of drug-likeness (QED) is 0.838. The van der Waals surface area contributed by atoms with Crippen molar-refractivity contribution in [1.29, 1.82) is 0 Å². The van der Waals surface area contributed by atoms with Crippen molar-refractivity contribution in [3.8, 4) is 0 Å². The smallest absolute Gasteiger partial charge is 0.205 e. The van der Waals surface area contributed by atoms with Gasteiger partial charge in [0.15, 0.2) is 9.84 Å². The van der Waals surface area contributed by atoms with Gasteiger partial charge in [0.25, 0.3) is 0 Å². The second-order valence-electron chi connectivity index (χ2n) is 3.60. The van der Waals surface area contributed by atoms with Gasteiger partial charge in [0, 0.05) is 11.8 Å². The number of rotatable bonds is 6. The molecule has 0 saturated carbocycles. The summed E-state index contributed by atoms with van der Waals surface area (Å²) in [6.07, 6.45) is 0.848. The van der Waals surface area contributed by atoms with Crippen LogP contribution < -0.4 is 5.32 Å². The SMILES string of the molecule is CCc1nnc(NC(C)CS(=O)(=O)CC)s1. The Balaban J connectivity index is 2.54. The highest BCUT2D eigenvalue weighted by atomic mass is 32.2. The Morgan fingerprint density at radius 3 is 2.56 bits per heavy atom. The molecule has 0 radical (unpaired) electrons. The first-order valence-corrected chi connectivity index (χ1v) is 7.90. The molecule has 0 aliphatic heterocycles. The molecule has 0 fully saturated rings. The summed E-state index contributed by atoms with van der Waals surface area (Å²) >= 11 is 1.47. The van der Waals surface area contributed by atoms with Gasteiger partial charge in [0.05, 0.1) is 5.75 Å². The summed E-state index contributed by atoms with van der Waals surface area (Å²) in [6, 6.07) is -0.136. The number of nitrogens with zero attached hydrogens (tertiary/aromatic N) is 2. The molecule has 16 heavy (non-hydrogen) atoms. The first kappa shape index (κ1) is 13.4. The maximum atomic E-state index is 11.4. The minimum Gasteiger partial charge on any atom is -0.357 e. The third-order valence-corrected chi connectivity index (χ3v) is 4.97.